The molecule has 0 saturated carbocycles. The third kappa shape index (κ3) is 3.10. The maximum atomic E-state index is 5.72. The molecule has 0 spiro atoms. The molecule has 0 aliphatic carbocycles. The second kappa shape index (κ2) is 6.50. The topological polar surface area (TPSA) is 63.8 Å². The summed E-state index contributed by atoms with van der Waals surface area (Å²) in [6, 6.07) is 20.1. The van der Waals surface area contributed by atoms with Crippen LogP contribution in [-0.2, 0) is 13.0 Å². The quantitative estimate of drug-likeness (QED) is 0.606. The molecule has 0 aliphatic heterocycles. The summed E-state index contributed by atoms with van der Waals surface area (Å²) < 4.78 is 5.72. The number of rotatable bonds is 5. The lowest BCUT2D eigenvalue weighted by molar-refractivity contribution is 0.464. The lowest BCUT2D eigenvalue weighted by Gasteiger charge is -2.06. The molecule has 2 aromatic heterocycles. The van der Waals surface area contributed by atoms with Crippen molar-refractivity contribution in [3.05, 3.63) is 84.2 Å². The van der Waals surface area contributed by atoms with Crippen molar-refractivity contribution in [2.24, 2.45) is 0 Å². The van der Waals surface area contributed by atoms with Gasteiger partial charge in [0.25, 0.3) is 0 Å². The third-order valence-corrected chi connectivity index (χ3v) is 3.77. The summed E-state index contributed by atoms with van der Waals surface area (Å²) in [6.07, 6.45) is 2.43. The van der Waals surface area contributed by atoms with E-state index < -0.39 is 0 Å². The van der Waals surface area contributed by atoms with Crippen molar-refractivity contribution in [2.45, 2.75) is 13.0 Å². The molecule has 0 radical (unpaired) electrons. The first kappa shape index (κ1) is 14.4. The van der Waals surface area contributed by atoms with E-state index in [9.17, 15) is 0 Å². The highest BCUT2D eigenvalue weighted by molar-refractivity contribution is 5.90. The van der Waals surface area contributed by atoms with Gasteiger partial charge in [0.1, 0.15) is 0 Å². The largest absolute Gasteiger partial charge is 0.423 e. The molecule has 2 heterocycles. The minimum absolute atomic E-state index is 0.470. The van der Waals surface area contributed by atoms with Gasteiger partial charge in [-0.3, -0.25) is 4.98 Å². The first-order valence-electron chi connectivity index (χ1n) is 7.81. The van der Waals surface area contributed by atoms with Gasteiger partial charge in [0.2, 0.25) is 11.8 Å². The highest BCUT2D eigenvalue weighted by Crippen LogP contribution is 2.21. The van der Waals surface area contributed by atoms with Gasteiger partial charge >= 0.3 is 0 Å². The molecular formula is C19H16N4O. The number of para-hydroxylation sites is 1. The van der Waals surface area contributed by atoms with Gasteiger partial charge in [-0.2, -0.15) is 0 Å². The Hall–Kier alpha value is -3.21. The molecule has 0 amide bonds. The predicted molar refractivity (Wildman–Crippen MR) is 92.6 cm³/mol. The van der Waals surface area contributed by atoms with E-state index in [1.807, 2.05) is 60.7 Å². The number of nitrogens with zero attached hydrogens (tertiary/aromatic N) is 3. The average Bonchev–Trinajstić information content (AvgIpc) is 3.08. The van der Waals surface area contributed by atoms with Crippen molar-refractivity contribution >= 4 is 16.6 Å². The second-order valence-corrected chi connectivity index (χ2v) is 5.49. The first-order valence-corrected chi connectivity index (χ1v) is 7.81. The lowest BCUT2D eigenvalue weighted by atomic mass is 10.2. The van der Waals surface area contributed by atoms with Gasteiger partial charge < -0.3 is 9.73 Å². The van der Waals surface area contributed by atoms with Gasteiger partial charge in [0.15, 0.2) is 0 Å². The van der Waals surface area contributed by atoms with Crippen molar-refractivity contribution < 1.29 is 4.42 Å². The molecule has 24 heavy (non-hydrogen) atoms. The summed E-state index contributed by atoms with van der Waals surface area (Å²) in [5.74, 6) is 1.18. The van der Waals surface area contributed by atoms with Crippen molar-refractivity contribution in [1.29, 1.82) is 0 Å². The second-order valence-electron chi connectivity index (χ2n) is 5.49. The van der Waals surface area contributed by atoms with Gasteiger partial charge in [0.05, 0.1) is 24.2 Å². The zero-order valence-electron chi connectivity index (χ0n) is 13.0. The molecule has 4 aromatic rings. The summed E-state index contributed by atoms with van der Waals surface area (Å²) in [5, 5.41) is 12.6. The standard InChI is InChI=1S/C19H16N4O/c1-2-6-14(7-3-1)12-17-22-23-18(24-17)13-21-16-10-4-8-15-9-5-11-20-19(15)16/h1-11,21H,12-13H2. The average molecular weight is 316 g/mol. The van der Waals surface area contributed by atoms with Crippen LogP contribution in [0, 0.1) is 0 Å². The summed E-state index contributed by atoms with van der Waals surface area (Å²) in [5.41, 5.74) is 3.04. The van der Waals surface area contributed by atoms with E-state index in [1.165, 1.54) is 0 Å². The Morgan fingerprint density at radius 2 is 1.67 bits per heavy atom. The van der Waals surface area contributed by atoms with E-state index in [1.54, 1.807) is 6.20 Å². The molecule has 0 fully saturated rings. The van der Waals surface area contributed by atoms with Gasteiger partial charge in [-0.1, -0.05) is 48.5 Å². The van der Waals surface area contributed by atoms with E-state index in [0.29, 0.717) is 24.7 Å². The highest BCUT2D eigenvalue weighted by atomic mass is 16.4. The molecule has 0 aliphatic rings. The lowest BCUT2D eigenvalue weighted by Crippen LogP contribution is -2.00. The fourth-order valence-corrected chi connectivity index (χ4v) is 2.62. The summed E-state index contributed by atoms with van der Waals surface area (Å²) >= 11 is 0. The Kier molecular flexibility index (Phi) is 3.90. The third-order valence-electron chi connectivity index (χ3n) is 3.77. The molecular weight excluding hydrogens is 300 g/mol. The van der Waals surface area contributed by atoms with Crippen LogP contribution in [-0.4, -0.2) is 15.2 Å². The van der Waals surface area contributed by atoms with Crippen LogP contribution in [0.25, 0.3) is 10.9 Å². The van der Waals surface area contributed by atoms with Gasteiger partial charge in [0, 0.05) is 11.6 Å². The van der Waals surface area contributed by atoms with Crippen LogP contribution in [0.3, 0.4) is 0 Å². The number of anilines is 1. The number of pyridine rings is 1. The van der Waals surface area contributed by atoms with E-state index in [0.717, 1.165) is 22.2 Å². The zero-order valence-corrected chi connectivity index (χ0v) is 13.0. The number of hydrogen-bond acceptors (Lipinski definition) is 5. The zero-order chi connectivity index (χ0) is 16.2. The van der Waals surface area contributed by atoms with Crippen molar-refractivity contribution in [3.8, 4) is 0 Å². The summed E-state index contributed by atoms with van der Waals surface area (Å²) in [7, 11) is 0. The number of benzene rings is 2. The number of nitrogens with one attached hydrogen (secondary N) is 1. The van der Waals surface area contributed by atoms with E-state index in [2.05, 4.69) is 20.5 Å². The van der Waals surface area contributed by atoms with Crippen LogP contribution in [0.2, 0.25) is 0 Å². The summed E-state index contributed by atoms with van der Waals surface area (Å²) in [6.45, 7) is 0.470. The molecule has 4 rings (SSSR count). The molecule has 2 aromatic carbocycles. The SMILES string of the molecule is c1ccc(Cc2nnc(CNc3cccc4cccnc34)o2)cc1. The fourth-order valence-electron chi connectivity index (χ4n) is 2.62. The minimum Gasteiger partial charge on any atom is -0.423 e. The van der Waals surface area contributed by atoms with Crippen LogP contribution in [0.15, 0.2) is 71.3 Å². The van der Waals surface area contributed by atoms with E-state index in [4.69, 9.17) is 4.42 Å². The van der Waals surface area contributed by atoms with Gasteiger partial charge in [-0.15, -0.1) is 10.2 Å². The normalized spacial score (nSPS) is 10.8. The maximum Gasteiger partial charge on any atom is 0.235 e. The predicted octanol–water partition coefficient (Wildman–Crippen LogP) is 3.82. The molecule has 0 atom stereocenters. The number of fused-ring (bicyclic) bond motifs is 1. The van der Waals surface area contributed by atoms with Crippen LogP contribution < -0.4 is 5.32 Å². The summed E-state index contributed by atoms with van der Waals surface area (Å²) in [4.78, 5) is 4.43. The Labute approximate surface area is 139 Å². The van der Waals surface area contributed by atoms with Crippen molar-refractivity contribution in [1.82, 2.24) is 15.2 Å². The smallest absolute Gasteiger partial charge is 0.235 e. The van der Waals surface area contributed by atoms with Crippen LogP contribution in [0.4, 0.5) is 5.69 Å². The van der Waals surface area contributed by atoms with Crippen LogP contribution in [0.5, 0.6) is 0 Å². The fraction of sp³-hybridized carbons (Fsp3) is 0.105. The van der Waals surface area contributed by atoms with Crippen LogP contribution in [0.1, 0.15) is 17.3 Å². The van der Waals surface area contributed by atoms with Gasteiger partial charge in [-0.05, 0) is 17.7 Å². The Balaban J connectivity index is 1.46. The van der Waals surface area contributed by atoms with Gasteiger partial charge in [-0.25, -0.2) is 0 Å². The molecule has 0 bridgehead atoms. The Bertz CT molecular complexity index is 944. The molecule has 5 heteroatoms. The van der Waals surface area contributed by atoms with Crippen molar-refractivity contribution in [3.63, 3.8) is 0 Å². The Morgan fingerprint density at radius 1 is 0.833 bits per heavy atom. The molecule has 0 saturated heterocycles. The monoisotopic (exact) mass is 316 g/mol. The van der Waals surface area contributed by atoms with E-state index in [-0.39, 0.29) is 0 Å². The number of hydrogen-bond donors (Lipinski definition) is 1. The molecule has 1 N–H and O–H groups in total. The highest BCUT2D eigenvalue weighted by Gasteiger charge is 2.08. The molecule has 118 valence electrons. The first-order chi connectivity index (χ1) is 11.9. The van der Waals surface area contributed by atoms with Crippen LogP contribution >= 0.6 is 0 Å². The Morgan fingerprint density at radius 3 is 2.58 bits per heavy atom. The molecule has 5 nitrogen and oxygen atoms in total. The maximum absolute atomic E-state index is 5.72. The van der Waals surface area contributed by atoms with E-state index >= 15 is 0 Å². The van der Waals surface area contributed by atoms with Crippen molar-refractivity contribution in [2.75, 3.05) is 5.32 Å². The number of aromatic nitrogens is 3. The molecule has 0 unspecified atom stereocenters. The minimum atomic E-state index is 0.470.